The number of methoxy groups -OCH3 is 1. The van der Waals surface area contributed by atoms with Crippen molar-refractivity contribution in [3.63, 3.8) is 0 Å². The fraction of sp³-hybridized carbons (Fsp3) is 0.231. The molecule has 3 N–H and O–H groups in total. The first-order valence-electron chi connectivity index (χ1n) is 5.75. The number of ether oxygens (including phenoxy) is 1. The Morgan fingerprint density at radius 1 is 1.53 bits per heavy atom. The Morgan fingerprint density at radius 3 is 2.89 bits per heavy atom. The highest BCUT2D eigenvalue weighted by atomic mass is 32.1. The minimum absolute atomic E-state index is 0.144. The first-order chi connectivity index (χ1) is 9.11. The molecule has 1 aromatic heterocycles. The number of benzene rings is 1. The molecular weight excluding hydrogens is 262 g/mol. The van der Waals surface area contributed by atoms with E-state index in [1.165, 1.54) is 11.3 Å². The molecule has 0 aliphatic rings. The number of aromatic nitrogens is 1. The molecule has 0 saturated carbocycles. The molecule has 0 aliphatic carbocycles. The van der Waals surface area contributed by atoms with Gasteiger partial charge in [0.25, 0.3) is 5.91 Å². The molecular formula is C13H15N3O2S. The Morgan fingerprint density at radius 2 is 2.32 bits per heavy atom. The van der Waals surface area contributed by atoms with Crippen LogP contribution >= 0.6 is 11.3 Å². The van der Waals surface area contributed by atoms with E-state index >= 15 is 0 Å². The number of amides is 1. The van der Waals surface area contributed by atoms with Crippen LogP contribution in [-0.4, -0.2) is 18.0 Å². The van der Waals surface area contributed by atoms with Gasteiger partial charge in [0.1, 0.15) is 10.8 Å². The van der Waals surface area contributed by atoms with E-state index < -0.39 is 0 Å². The molecule has 0 fully saturated rings. The first kappa shape index (κ1) is 13.4. The number of thiazole rings is 1. The average molecular weight is 277 g/mol. The van der Waals surface area contributed by atoms with Gasteiger partial charge < -0.3 is 15.8 Å². The van der Waals surface area contributed by atoms with Gasteiger partial charge in [-0.1, -0.05) is 0 Å². The third-order valence-corrected chi connectivity index (χ3v) is 3.63. The lowest BCUT2D eigenvalue weighted by Crippen LogP contribution is -2.27. The second-order valence-electron chi connectivity index (χ2n) is 4.02. The zero-order chi connectivity index (χ0) is 13.8. The number of nitrogens with one attached hydrogen (secondary N) is 1. The normalized spacial score (nSPS) is 11.9. The molecule has 100 valence electrons. The Balaban J connectivity index is 2.12. The molecule has 0 spiro atoms. The molecule has 1 atom stereocenters. The first-order valence-corrected chi connectivity index (χ1v) is 6.63. The summed E-state index contributed by atoms with van der Waals surface area (Å²) in [5.74, 6) is 0.407. The summed E-state index contributed by atoms with van der Waals surface area (Å²) in [7, 11) is 1.55. The van der Waals surface area contributed by atoms with Crippen molar-refractivity contribution in [3.05, 3.63) is 40.3 Å². The third-order valence-electron chi connectivity index (χ3n) is 2.67. The van der Waals surface area contributed by atoms with Crippen molar-refractivity contribution in [1.29, 1.82) is 0 Å². The monoisotopic (exact) mass is 277 g/mol. The second-order valence-corrected chi connectivity index (χ2v) is 4.94. The quantitative estimate of drug-likeness (QED) is 0.840. The summed E-state index contributed by atoms with van der Waals surface area (Å²) in [6.45, 7) is 1.89. The van der Waals surface area contributed by atoms with Crippen molar-refractivity contribution in [1.82, 2.24) is 10.3 Å². The Bertz CT molecular complexity index is 569. The molecule has 2 aromatic rings. The number of carbonyl (C=O) groups excluding carboxylic acids is 1. The van der Waals surface area contributed by atoms with Crippen LogP contribution in [0.2, 0.25) is 0 Å². The lowest BCUT2D eigenvalue weighted by atomic mass is 10.1. The average Bonchev–Trinajstić information content (AvgIpc) is 2.92. The Kier molecular flexibility index (Phi) is 4.01. The Labute approximate surface area is 115 Å². The van der Waals surface area contributed by atoms with Gasteiger partial charge in [-0.05, 0) is 19.1 Å². The molecule has 0 saturated heterocycles. The summed E-state index contributed by atoms with van der Waals surface area (Å²) in [5, 5.41) is 5.60. The van der Waals surface area contributed by atoms with Crippen molar-refractivity contribution in [2.24, 2.45) is 0 Å². The maximum atomic E-state index is 12.1. The van der Waals surface area contributed by atoms with Crippen molar-refractivity contribution >= 4 is 22.9 Å². The van der Waals surface area contributed by atoms with E-state index in [4.69, 9.17) is 10.5 Å². The molecule has 1 amide bonds. The fourth-order valence-corrected chi connectivity index (χ4v) is 2.30. The summed E-state index contributed by atoms with van der Waals surface area (Å²) in [6, 6.07) is 4.84. The van der Waals surface area contributed by atoms with Crippen molar-refractivity contribution in [3.8, 4) is 5.75 Å². The lowest BCUT2D eigenvalue weighted by Gasteiger charge is -2.13. The fourth-order valence-electron chi connectivity index (χ4n) is 1.66. The van der Waals surface area contributed by atoms with E-state index in [-0.39, 0.29) is 11.9 Å². The lowest BCUT2D eigenvalue weighted by molar-refractivity contribution is 0.0940. The van der Waals surface area contributed by atoms with Crippen LogP contribution in [0, 0.1) is 0 Å². The number of hydrogen-bond acceptors (Lipinski definition) is 5. The minimum atomic E-state index is -0.220. The number of nitrogens with two attached hydrogens (primary N) is 1. The van der Waals surface area contributed by atoms with Crippen LogP contribution in [0.15, 0.2) is 29.8 Å². The summed E-state index contributed by atoms with van der Waals surface area (Å²) in [5.41, 5.74) is 6.66. The van der Waals surface area contributed by atoms with E-state index in [1.807, 2.05) is 12.3 Å². The topological polar surface area (TPSA) is 77.2 Å². The van der Waals surface area contributed by atoms with Crippen LogP contribution in [0.1, 0.15) is 28.3 Å². The largest absolute Gasteiger partial charge is 0.497 e. The SMILES string of the molecule is COc1ccc(C(=O)NC(C)c2nccs2)c(N)c1. The van der Waals surface area contributed by atoms with E-state index in [0.29, 0.717) is 17.0 Å². The summed E-state index contributed by atoms with van der Waals surface area (Å²) >= 11 is 1.50. The van der Waals surface area contributed by atoms with Gasteiger partial charge in [0, 0.05) is 23.3 Å². The van der Waals surface area contributed by atoms with Crippen LogP contribution in [0.5, 0.6) is 5.75 Å². The Hall–Kier alpha value is -2.08. The zero-order valence-corrected chi connectivity index (χ0v) is 11.5. The molecule has 0 aliphatic heterocycles. The van der Waals surface area contributed by atoms with Gasteiger partial charge in [-0.2, -0.15) is 0 Å². The van der Waals surface area contributed by atoms with Crippen molar-refractivity contribution in [2.75, 3.05) is 12.8 Å². The summed E-state index contributed by atoms with van der Waals surface area (Å²) in [4.78, 5) is 16.3. The van der Waals surface area contributed by atoms with Crippen molar-refractivity contribution in [2.45, 2.75) is 13.0 Å². The van der Waals surface area contributed by atoms with Crippen LogP contribution in [0.4, 0.5) is 5.69 Å². The van der Waals surface area contributed by atoms with E-state index in [2.05, 4.69) is 10.3 Å². The van der Waals surface area contributed by atoms with Gasteiger partial charge in [0.05, 0.1) is 18.7 Å². The van der Waals surface area contributed by atoms with Gasteiger partial charge in [-0.15, -0.1) is 11.3 Å². The number of anilines is 1. The van der Waals surface area contributed by atoms with Crippen LogP contribution < -0.4 is 15.8 Å². The maximum absolute atomic E-state index is 12.1. The zero-order valence-electron chi connectivity index (χ0n) is 10.7. The van der Waals surface area contributed by atoms with E-state index in [0.717, 1.165) is 5.01 Å². The third kappa shape index (κ3) is 3.03. The number of carbonyl (C=O) groups is 1. The highest BCUT2D eigenvalue weighted by Crippen LogP contribution is 2.21. The molecule has 5 nitrogen and oxygen atoms in total. The predicted octanol–water partition coefficient (Wildman–Crippen LogP) is 2.22. The summed E-state index contributed by atoms with van der Waals surface area (Å²) < 4.78 is 5.05. The molecule has 19 heavy (non-hydrogen) atoms. The van der Waals surface area contributed by atoms with Gasteiger partial charge in [-0.3, -0.25) is 4.79 Å². The molecule has 1 aromatic carbocycles. The molecule has 6 heteroatoms. The molecule has 0 bridgehead atoms. The molecule has 1 heterocycles. The van der Waals surface area contributed by atoms with Crippen LogP contribution in [0.3, 0.4) is 0 Å². The molecule has 0 radical (unpaired) electrons. The van der Waals surface area contributed by atoms with E-state index in [9.17, 15) is 4.79 Å². The number of nitrogen functional groups attached to an aromatic ring is 1. The summed E-state index contributed by atoms with van der Waals surface area (Å²) in [6.07, 6.45) is 1.71. The second kappa shape index (κ2) is 5.71. The van der Waals surface area contributed by atoms with Gasteiger partial charge >= 0.3 is 0 Å². The maximum Gasteiger partial charge on any atom is 0.253 e. The smallest absolute Gasteiger partial charge is 0.253 e. The van der Waals surface area contributed by atoms with Crippen LogP contribution in [-0.2, 0) is 0 Å². The predicted molar refractivity (Wildman–Crippen MR) is 75.4 cm³/mol. The highest BCUT2D eigenvalue weighted by molar-refractivity contribution is 7.09. The number of nitrogens with zero attached hydrogens (tertiary/aromatic N) is 1. The number of rotatable bonds is 4. The highest BCUT2D eigenvalue weighted by Gasteiger charge is 2.15. The van der Waals surface area contributed by atoms with Crippen LogP contribution in [0.25, 0.3) is 0 Å². The van der Waals surface area contributed by atoms with E-state index in [1.54, 1.807) is 31.5 Å². The standard InChI is InChI=1S/C13H15N3O2S/c1-8(13-15-5-6-19-13)16-12(17)10-4-3-9(18-2)7-11(10)14/h3-8H,14H2,1-2H3,(H,16,17). The molecule has 2 rings (SSSR count). The van der Waals surface area contributed by atoms with Crippen molar-refractivity contribution < 1.29 is 9.53 Å². The number of hydrogen-bond donors (Lipinski definition) is 2. The van der Waals surface area contributed by atoms with Gasteiger partial charge in [0.15, 0.2) is 0 Å². The van der Waals surface area contributed by atoms with Gasteiger partial charge in [-0.25, -0.2) is 4.98 Å². The minimum Gasteiger partial charge on any atom is -0.497 e. The molecule has 1 unspecified atom stereocenters. The van der Waals surface area contributed by atoms with Gasteiger partial charge in [0.2, 0.25) is 0 Å².